The number of rotatable bonds is 6. The first-order chi connectivity index (χ1) is 12.7. The summed E-state index contributed by atoms with van der Waals surface area (Å²) < 4.78 is 31.0. The molecule has 0 saturated carbocycles. The lowest BCUT2D eigenvalue weighted by Gasteiger charge is -2.14. The number of carbonyl (C=O) groups excluding carboxylic acids is 2. The molecule has 0 aliphatic heterocycles. The molecule has 1 atom stereocenters. The van der Waals surface area contributed by atoms with E-state index in [1.54, 1.807) is 6.26 Å². The predicted octanol–water partition coefficient (Wildman–Crippen LogP) is 3.78. The molecule has 1 N–H and O–H groups in total. The van der Waals surface area contributed by atoms with Gasteiger partial charge >= 0.3 is 5.97 Å². The SMILES string of the molecule is CSc1ccc(C(=O)O[C@H](C)C(=O)Nc2ccc(F)c(F)c2)cc1[N+](=O)[O-]. The van der Waals surface area contributed by atoms with Crippen molar-refractivity contribution in [3.05, 3.63) is 63.7 Å². The number of hydrogen-bond acceptors (Lipinski definition) is 6. The number of anilines is 1. The summed E-state index contributed by atoms with van der Waals surface area (Å²) in [4.78, 5) is 35.0. The monoisotopic (exact) mass is 396 g/mol. The molecule has 0 radical (unpaired) electrons. The van der Waals surface area contributed by atoms with E-state index in [1.165, 1.54) is 19.1 Å². The lowest BCUT2D eigenvalue weighted by atomic mass is 10.2. The Kier molecular flexibility index (Phi) is 6.45. The van der Waals surface area contributed by atoms with Crippen LogP contribution in [0.25, 0.3) is 0 Å². The van der Waals surface area contributed by atoms with Gasteiger partial charge in [-0.1, -0.05) is 0 Å². The highest BCUT2D eigenvalue weighted by Gasteiger charge is 2.22. The highest BCUT2D eigenvalue weighted by atomic mass is 32.2. The van der Waals surface area contributed by atoms with Crippen LogP contribution in [0.2, 0.25) is 0 Å². The van der Waals surface area contributed by atoms with E-state index in [9.17, 15) is 28.5 Å². The molecule has 0 aromatic heterocycles. The fraction of sp³-hybridized carbons (Fsp3) is 0.176. The Morgan fingerprint density at radius 2 is 1.89 bits per heavy atom. The molecule has 1 amide bonds. The van der Waals surface area contributed by atoms with Gasteiger partial charge in [-0.15, -0.1) is 11.8 Å². The second-order valence-electron chi connectivity index (χ2n) is 5.31. The number of hydrogen-bond donors (Lipinski definition) is 1. The standard InChI is InChI=1S/C17H14F2N2O5S/c1-9(16(22)20-11-4-5-12(18)13(19)8-11)26-17(23)10-3-6-15(27-2)14(7-10)21(24)25/h3-9H,1-2H3,(H,20,22)/t9-/m1/s1. The van der Waals surface area contributed by atoms with E-state index in [1.807, 2.05) is 0 Å². The molecular formula is C17H14F2N2O5S. The molecule has 10 heteroatoms. The fourth-order valence-electron chi connectivity index (χ4n) is 2.06. The maximum Gasteiger partial charge on any atom is 0.339 e. The Balaban J connectivity index is 2.08. The van der Waals surface area contributed by atoms with Gasteiger partial charge in [0.15, 0.2) is 17.7 Å². The van der Waals surface area contributed by atoms with Crippen molar-refractivity contribution in [3.63, 3.8) is 0 Å². The molecule has 7 nitrogen and oxygen atoms in total. The van der Waals surface area contributed by atoms with E-state index >= 15 is 0 Å². The van der Waals surface area contributed by atoms with Gasteiger partial charge in [-0.2, -0.15) is 0 Å². The largest absolute Gasteiger partial charge is 0.449 e. The van der Waals surface area contributed by atoms with Crippen molar-refractivity contribution in [2.24, 2.45) is 0 Å². The number of nitro groups is 1. The summed E-state index contributed by atoms with van der Waals surface area (Å²) in [6.45, 7) is 1.28. The van der Waals surface area contributed by atoms with Crippen molar-refractivity contribution in [1.82, 2.24) is 0 Å². The molecular weight excluding hydrogens is 382 g/mol. The van der Waals surface area contributed by atoms with Crippen molar-refractivity contribution >= 4 is 35.0 Å². The van der Waals surface area contributed by atoms with Crippen molar-refractivity contribution in [1.29, 1.82) is 0 Å². The minimum absolute atomic E-state index is 0.0123. The number of benzene rings is 2. The Bertz CT molecular complexity index is 907. The Labute approximate surface area is 156 Å². The molecule has 0 aliphatic rings. The number of nitrogens with one attached hydrogen (secondary N) is 1. The van der Waals surface area contributed by atoms with Crippen LogP contribution >= 0.6 is 11.8 Å². The van der Waals surface area contributed by atoms with Crippen molar-refractivity contribution in [2.75, 3.05) is 11.6 Å². The number of carbonyl (C=O) groups is 2. The van der Waals surface area contributed by atoms with Gasteiger partial charge in [0.25, 0.3) is 11.6 Å². The summed E-state index contributed by atoms with van der Waals surface area (Å²) in [5.41, 5.74) is -0.357. The normalized spacial score (nSPS) is 11.6. The second kappa shape index (κ2) is 8.58. The number of halogens is 2. The first-order valence-corrected chi connectivity index (χ1v) is 8.74. The summed E-state index contributed by atoms with van der Waals surface area (Å²) >= 11 is 1.15. The van der Waals surface area contributed by atoms with Gasteiger partial charge in [0.1, 0.15) is 0 Å². The average molecular weight is 396 g/mol. The third-order valence-electron chi connectivity index (χ3n) is 3.45. The number of amides is 1. The van der Waals surface area contributed by atoms with Crippen molar-refractivity contribution in [2.45, 2.75) is 17.9 Å². The molecule has 0 bridgehead atoms. The molecule has 0 saturated heterocycles. The quantitative estimate of drug-likeness (QED) is 0.345. The third-order valence-corrected chi connectivity index (χ3v) is 4.24. The van der Waals surface area contributed by atoms with Crippen LogP contribution in [0.3, 0.4) is 0 Å². The molecule has 0 fully saturated rings. The molecule has 2 rings (SSSR count). The van der Waals surface area contributed by atoms with Crippen LogP contribution in [-0.2, 0) is 9.53 Å². The van der Waals surface area contributed by atoms with Crippen LogP contribution in [0.5, 0.6) is 0 Å². The van der Waals surface area contributed by atoms with Crippen LogP contribution in [0.15, 0.2) is 41.3 Å². The fourth-order valence-corrected chi connectivity index (χ4v) is 2.61. The summed E-state index contributed by atoms with van der Waals surface area (Å²) in [6, 6.07) is 6.59. The average Bonchev–Trinajstić information content (AvgIpc) is 2.63. The highest BCUT2D eigenvalue weighted by molar-refractivity contribution is 7.98. The molecule has 0 aliphatic carbocycles. The molecule has 2 aromatic carbocycles. The maximum atomic E-state index is 13.2. The van der Waals surface area contributed by atoms with Gasteiger partial charge in [0.05, 0.1) is 15.4 Å². The van der Waals surface area contributed by atoms with E-state index < -0.39 is 34.5 Å². The molecule has 27 heavy (non-hydrogen) atoms. The second-order valence-corrected chi connectivity index (χ2v) is 6.16. The lowest BCUT2D eigenvalue weighted by Crippen LogP contribution is -2.30. The number of nitrogens with zero attached hydrogens (tertiary/aromatic N) is 1. The van der Waals surface area contributed by atoms with Gasteiger partial charge < -0.3 is 10.1 Å². The van der Waals surface area contributed by atoms with Crippen LogP contribution in [0, 0.1) is 21.7 Å². The Morgan fingerprint density at radius 1 is 1.19 bits per heavy atom. The maximum absolute atomic E-state index is 13.2. The van der Waals surface area contributed by atoms with E-state index in [4.69, 9.17) is 4.74 Å². The smallest absolute Gasteiger partial charge is 0.339 e. The van der Waals surface area contributed by atoms with E-state index in [0.717, 1.165) is 36.0 Å². The van der Waals surface area contributed by atoms with Gasteiger partial charge in [-0.25, -0.2) is 13.6 Å². The number of ether oxygens (including phenoxy) is 1. The molecule has 0 heterocycles. The highest BCUT2D eigenvalue weighted by Crippen LogP contribution is 2.28. The zero-order chi connectivity index (χ0) is 20.1. The molecule has 2 aromatic rings. The van der Waals surface area contributed by atoms with Crippen LogP contribution < -0.4 is 5.32 Å². The minimum atomic E-state index is -1.27. The summed E-state index contributed by atoms with van der Waals surface area (Å²) in [5.74, 6) is -3.91. The topological polar surface area (TPSA) is 98.5 Å². The first-order valence-electron chi connectivity index (χ1n) is 7.52. The number of thioether (sulfide) groups is 1. The van der Waals surface area contributed by atoms with Crippen molar-refractivity contribution < 1.29 is 28.0 Å². The molecule has 0 spiro atoms. The summed E-state index contributed by atoms with van der Waals surface area (Å²) in [6.07, 6.45) is 0.385. The summed E-state index contributed by atoms with van der Waals surface area (Å²) in [5, 5.41) is 13.3. The number of esters is 1. The minimum Gasteiger partial charge on any atom is -0.449 e. The summed E-state index contributed by atoms with van der Waals surface area (Å²) in [7, 11) is 0. The molecule has 142 valence electrons. The van der Waals surface area contributed by atoms with Crippen LogP contribution in [0.1, 0.15) is 17.3 Å². The first kappa shape index (κ1) is 20.3. The van der Waals surface area contributed by atoms with E-state index in [-0.39, 0.29) is 16.9 Å². The van der Waals surface area contributed by atoms with Gasteiger partial charge in [0.2, 0.25) is 0 Å². The van der Waals surface area contributed by atoms with Gasteiger partial charge in [-0.05, 0) is 37.4 Å². The zero-order valence-corrected chi connectivity index (χ0v) is 15.0. The zero-order valence-electron chi connectivity index (χ0n) is 14.2. The Hall–Kier alpha value is -3.01. The van der Waals surface area contributed by atoms with Crippen LogP contribution in [-0.4, -0.2) is 29.2 Å². The third kappa shape index (κ3) is 5.00. The molecule has 0 unspecified atom stereocenters. The Morgan fingerprint density at radius 3 is 2.48 bits per heavy atom. The van der Waals surface area contributed by atoms with Gasteiger partial charge in [-0.3, -0.25) is 14.9 Å². The van der Waals surface area contributed by atoms with Crippen molar-refractivity contribution in [3.8, 4) is 0 Å². The van der Waals surface area contributed by atoms with Gasteiger partial charge in [0, 0.05) is 17.8 Å². The predicted molar refractivity (Wildman–Crippen MR) is 94.7 cm³/mol. The van der Waals surface area contributed by atoms with E-state index in [2.05, 4.69) is 5.32 Å². The number of nitro benzene ring substituents is 1. The lowest BCUT2D eigenvalue weighted by molar-refractivity contribution is -0.387. The van der Waals surface area contributed by atoms with Crippen LogP contribution in [0.4, 0.5) is 20.2 Å². The van der Waals surface area contributed by atoms with E-state index in [0.29, 0.717) is 4.90 Å².